The molecular weight excluding hydrogens is 252 g/mol. The minimum atomic E-state index is -0.494. The maximum atomic E-state index is 12.0. The second kappa shape index (κ2) is 5.00. The molecule has 5 heteroatoms. The Kier molecular flexibility index (Phi) is 3.18. The van der Waals surface area contributed by atoms with Crippen LogP contribution in [0.25, 0.3) is 0 Å². The van der Waals surface area contributed by atoms with E-state index in [0.29, 0.717) is 12.3 Å². The van der Waals surface area contributed by atoms with Crippen molar-refractivity contribution in [3.8, 4) is 0 Å². The lowest BCUT2D eigenvalue weighted by Crippen LogP contribution is -2.41. The summed E-state index contributed by atoms with van der Waals surface area (Å²) in [6.45, 7) is 4.08. The van der Waals surface area contributed by atoms with Crippen LogP contribution in [-0.4, -0.2) is 29.2 Å². The Morgan fingerprint density at radius 3 is 2.65 bits per heavy atom. The molecule has 0 aliphatic carbocycles. The molecule has 2 aliphatic rings. The Morgan fingerprint density at radius 1 is 1.20 bits per heavy atom. The highest BCUT2D eigenvalue weighted by Crippen LogP contribution is 2.15. The van der Waals surface area contributed by atoms with E-state index in [1.54, 1.807) is 0 Å². The lowest BCUT2D eigenvalue weighted by molar-refractivity contribution is -0.118. The van der Waals surface area contributed by atoms with Crippen LogP contribution in [0.3, 0.4) is 0 Å². The molecule has 1 aromatic carbocycles. The maximum Gasteiger partial charge on any atom is 0.277 e. The monoisotopic (exact) mass is 268 g/mol. The number of nitrogens with one attached hydrogen (secondary N) is 1. The van der Waals surface area contributed by atoms with E-state index >= 15 is 0 Å². The third kappa shape index (κ3) is 2.27. The van der Waals surface area contributed by atoms with E-state index in [-0.39, 0.29) is 11.8 Å². The van der Waals surface area contributed by atoms with Gasteiger partial charge in [0.05, 0.1) is 11.4 Å². The highest BCUT2D eigenvalue weighted by atomic mass is 16.2. The Balaban J connectivity index is 1.88. The summed E-state index contributed by atoms with van der Waals surface area (Å²) in [5.74, 6) is 0.583. The van der Waals surface area contributed by atoms with Gasteiger partial charge in [-0.25, -0.2) is 4.99 Å². The van der Waals surface area contributed by atoms with E-state index in [1.165, 1.54) is 0 Å². The average molecular weight is 268 g/mol. The third-order valence-corrected chi connectivity index (χ3v) is 3.34. The van der Waals surface area contributed by atoms with Crippen LogP contribution in [0.15, 0.2) is 45.4 Å². The highest BCUT2D eigenvalue weighted by Gasteiger charge is 2.36. The fraction of sp³-hybridized carbons (Fsp3) is 0.333. The highest BCUT2D eigenvalue weighted by molar-refractivity contribution is 6.51. The summed E-state index contributed by atoms with van der Waals surface area (Å²) in [5.41, 5.74) is 5.50. The van der Waals surface area contributed by atoms with Gasteiger partial charge in [-0.2, -0.15) is 10.1 Å². The zero-order chi connectivity index (χ0) is 14.1. The summed E-state index contributed by atoms with van der Waals surface area (Å²) >= 11 is 0. The molecule has 0 aromatic heterocycles. The first-order valence-electron chi connectivity index (χ1n) is 6.72. The van der Waals surface area contributed by atoms with Crippen LogP contribution in [0.4, 0.5) is 0 Å². The predicted octanol–water partition coefficient (Wildman–Crippen LogP) is 1.59. The van der Waals surface area contributed by atoms with Crippen LogP contribution in [0.5, 0.6) is 0 Å². The van der Waals surface area contributed by atoms with Crippen LogP contribution in [0.1, 0.15) is 19.4 Å². The lowest BCUT2D eigenvalue weighted by Gasteiger charge is -2.15. The molecule has 0 bridgehead atoms. The number of hydrogen-bond donors (Lipinski definition) is 1. The zero-order valence-electron chi connectivity index (χ0n) is 11.5. The Bertz CT molecular complexity index is 629. The van der Waals surface area contributed by atoms with Gasteiger partial charge < -0.3 is 0 Å². The lowest BCUT2D eigenvalue weighted by atomic mass is 9.98. The van der Waals surface area contributed by atoms with Crippen molar-refractivity contribution in [2.75, 3.05) is 0 Å². The number of amidine groups is 1. The molecule has 1 atom stereocenters. The smallest absolute Gasteiger partial charge is 0.277 e. The van der Waals surface area contributed by atoms with Crippen molar-refractivity contribution in [3.63, 3.8) is 0 Å². The van der Waals surface area contributed by atoms with Gasteiger partial charge in [0.1, 0.15) is 5.84 Å². The van der Waals surface area contributed by atoms with Gasteiger partial charge in [0.25, 0.3) is 5.91 Å². The number of hydrogen-bond acceptors (Lipinski definition) is 4. The van der Waals surface area contributed by atoms with Gasteiger partial charge in [0.15, 0.2) is 6.04 Å². The standard InChI is InChI=1S/C15H16N4O/c1-9(2)12-13-14(19-18-12)15(20)17-11(16-13)8-10-6-4-3-5-7-10/h3-7,9,14,19H,8H2,1-2H3. The Hall–Kier alpha value is -2.30. The fourth-order valence-electron chi connectivity index (χ4n) is 2.33. The van der Waals surface area contributed by atoms with Crippen LogP contribution in [-0.2, 0) is 11.2 Å². The normalized spacial score (nSPS) is 21.1. The minimum absolute atomic E-state index is 0.208. The van der Waals surface area contributed by atoms with E-state index in [4.69, 9.17) is 0 Å². The molecule has 3 rings (SSSR count). The van der Waals surface area contributed by atoms with Crippen molar-refractivity contribution in [2.45, 2.75) is 26.3 Å². The first kappa shape index (κ1) is 12.7. The molecule has 0 saturated heterocycles. The van der Waals surface area contributed by atoms with Gasteiger partial charge in [-0.1, -0.05) is 44.2 Å². The Labute approximate surface area is 117 Å². The van der Waals surface area contributed by atoms with E-state index < -0.39 is 6.04 Å². The number of amides is 1. The number of carbonyl (C=O) groups is 1. The van der Waals surface area contributed by atoms with Crippen LogP contribution < -0.4 is 5.43 Å². The molecule has 1 aromatic rings. The molecule has 0 saturated carbocycles. The molecule has 0 radical (unpaired) electrons. The van der Waals surface area contributed by atoms with Gasteiger partial charge in [-0.15, -0.1) is 0 Å². The molecule has 1 N–H and O–H groups in total. The quantitative estimate of drug-likeness (QED) is 0.904. The minimum Gasteiger partial charge on any atom is -0.291 e. The van der Waals surface area contributed by atoms with Crippen molar-refractivity contribution in [1.29, 1.82) is 0 Å². The topological polar surface area (TPSA) is 66.2 Å². The average Bonchev–Trinajstić information content (AvgIpc) is 2.84. The predicted molar refractivity (Wildman–Crippen MR) is 79.2 cm³/mol. The largest absolute Gasteiger partial charge is 0.291 e. The molecule has 102 valence electrons. The molecule has 20 heavy (non-hydrogen) atoms. The summed E-state index contributed by atoms with van der Waals surface area (Å²) < 4.78 is 0. The van der Waals surface area contributed by atoms with Crippen molar-refractivity contribution in [2.24, 2.45) is 21.0 Å². The van der Waals surface area contributed by atoms with Gasteiger partial charge in [0.2, 0.25) is 0 Å². The third-order valence-electron chi connectivity index (χ3n) is 3.34. The number of aliphatic imine (C=N–C) groups is 2. The fourth-order valence-corrected chi connectivity index (χ4v) is 2.33. The number of hydrazone groups is 1. The second-order valence-electron chi connectivity index (χ2n) is 5.24. The van der Waals surface area contributed by atoms with Crippen molar-refractivity contribution >= 4 is 23.2 Å². The molecule has 5 nitrogen and oxygen atoms in total. The summed E-state index contributed by atoms with van der Waals surface area (Å²) in [6, 6.07) is 9.41. The van der Waals surface area contributed by atoms with Crippen LogP contribution in [0, 0.1) is 5.92 Å². The molecule has 0 fully saturated rings. The molecule has 2 heterocycles. The SMILES string of the molecule is CC(C)C1=NNC2C(=O)N=C(Cc3ccccc3)N=C12. The number of rotatable bonds is 3. The van der Waals surface area contributed by atoms with Crippen molar-refractivity contribution in [1.82, 2.24) is 5.43 Å². The Morgan fingerprint density at radius 2 is 1.95 bits per heavy atom. The summed E-state index contributed by atoms with van der Waals surface area (Å²) in [4.78, 5) is 20.7. The van der Waals surface area contributed by atoms with Crippen LogP contribution >= 0.6 is 0 Å². The second-order valence-corrected chi connectivity index (χ2v) is 5.24. The van der Waals surface area contributed by atoms with Crippen molar-refractivity contribution in [3.05, 3.63) is 35.9 Å². The first-order valence-corrected chi connectivity index (χ1v) is 6.72. The van der Waals surface area contributed by atoms with Crippen LogP contribution in [0.2, 0.25) is 0 Å². The van der Waals surface area contributed by atoms with E-state index in [9.17, 15) is 4.79 Å². The van der Waals surface area contributed by atoms with Gasteiger partial charge >= 0.3 is 0 Å². The van der Waals surface area contributed by atoms with Crippen molar-refractivity contribution < 1.29 is 4.79 Å². The van der Waals surface area contributed by atoms with E-state index in [1.807, 2.05) is 44.2 Å². The van der Waals surface area contributed by atoms with E-state index in [0.717, 1.165) is 17.0 Å². The van der Waals surface area contributed by atoms with Gasteiger partial charge in [-0.05, 0) is 11.5 Å². The molecule has 1 unspecified atom stereocenters. The summed E-state index contributed by atoms with van der Waals surface area (Å²) in [5, 5.41) is 4.21. The molecule has 2 aliphatic heterocycles. The number of carbonyl (C=O) groups excluding carboxylic acids is 1. The van der Waals surface area contributed by atoms with Gasteiger partial charge in [-0.3, -0.25) is 10.2 Å². The summed E-state index contributed by atoms with van der Waals surface area (Å²) in [6.07, 6.45) is 0.564. The summed E-state index contributed by atoms with van der Waals surface area (Å²) in [7, 11) is 0. The van der Waals surface area contributed by atoms with E-state index in [2.05, 4.69) is 20.5 Å². The zero-order valence-corrected chi connectivity index (χ0v) is 11.5. The number of nitrogens with zero attached hydrogens (tertiary/aromatic N) is 3. The molecule has 1 amide bonds. The van der Waals surface area contributed by atoms with Gasteiger partial charge in [0, 0.05) is 6.42 Å². The molecule has 0 spiro atoms. The molecular formula is C15H16N4O. The first-order chi connectivity index (χ1) is 9.65. The number of fused-ring (bicyclic) bond motifs is 1. The maximum absolute atomic E-state index is 12.0. The number of benzene rings is 1.